The van der Waals surface area contributed by atoms with Crippen LogP contribution in [0.4, 0.5) is 11.4 Å². The first kappa shape index (κ1) is 15.5. The monoisotopic (exact) mass is 319 g/mol. The first-order chi connectivity index (χ1) is 11.0. The molecule has 7 nitrogen and oxygen atoms in total. The van der Waals surface area contributed by atoms with E-state index < -0.39 is 6.04 Å². The molecule has 2 atom stereocenters. The summed E-state index contributed by atoms with van der Waals surface area (Å²) in [6, 6.07) is 3.22. The van der Waals surface area contributed by atoms with Crippen LogP contribution in [-0.2, 0) is 9.59 Å². The van der Waals surface area contributed by atoms with Crippen LogP contribution in [0.5, 0.6) is 11.5 Å². The topological polar surface area (TPSA) is 79.9 Å². The van der Waals surface area contributed by atoms with Gasteiger partial charge in [-0.05, 0) is 20.3 Å². The number of hydrogen-bond donors (Lipinski definition) is 2. The fraction of sp³-hybridized carbons (Fsp3) is 0.500. The van der Waals surface area contributed by atoms with Crippen molar-refractivity contribution in [1.29, 1.82) is 0 Å². The maximum atomic E-state index is 12.5. The second-order valence-corrected chi connectivity index (χ2v) is 5.89. The average molecular weight is 319 g/mol. The van der Waals surface area contributed by atoms with Gasteiger partial charge in [0.25, 0.3) is 0 Å². The van der Waals surface area contributed by atoms with Gasteiger partial charge in [0, 0.05) is 18.2 Å². The van der Waals surface area contributed by atoms with E-state index in [9.17, 15) is 9.59 Å². The van der Waals surface area contributed by atoms with Crippen LogP contribution in [-0.4, -0.2) is 37.2 Å². The number of hydrogen-bond acceptors (Lipinski definition) is 5. The number of carbonyl (C=O) groups excluding carboxylic acids is 2. The molecule has 2 aliphatic rings. The number of benzene rings is 1. The molecule has 124 valence electrons. The van der Waals surface area contributed by atoms with Gasteiger partial charge in [-0.3, -0.25) is 14.5 Å². The molecule has 0 radical (unpaired) electrons. The molecule has 0 aromatic heterocycles. The third-order valence-electron chi connectivity index (χ3n) is 4.11. The Bertz CT molecular complexity index is 646. The lowest BCUT2D eigenvalue weighted by molar-refractivity contribution is -0.124. The van der Waals surface area contributed by atoms with Crippen LogP contribution in [0.15, 0.2) is 12.1 Å². The van der Waals surface area contributed by atoms with Gasteiger partial charge in [0.05, 0.1) is 11.4 Å². The van der Waals surface area contributed by atoms with Crippen LogP contribution in [0, 0.1) is 0 Å². The molecule has 2 unspecified atom stereocenters. The fourth-order valence-electron chi connectivity index (χ4n) is 2.65. The number of anilines is 2. The van der Waals surface area contributed by atoms with Crippen molar-refractivity contribution in [2.45, 2.75) is 39.3 Å². The van der Waals surface area contributed by atoms with E-state index in [0.29, 0.717) is 17.2 Å². The number of ether oxygens (including phenoxy) is 2. The van der Waals surface area contributed by atoms with Crippen molar-refractivity contribution in [3.63, 3.8) is 0 Å². The third kappa shape index (κ3) is 2.91. The maximum absolute atomic E-state index is 12.5. The molecule has 3 rings (SSSR count). The van der Waals surface area contributed by atoms with Crippen molar-refractivity contribution in [2.24, 2.45) is 0 Å². The minimum atomic E-state index is -0.403. The Hall–Kier alpha value is -2.44. The van der Waals surface area contributed by atoms with E-state index in [2.05, 4.69) is 10.6 Å². The van der Waals surface area contributed by atoms with Gasteiger partial charge in [-0.15, -0.1) is 0 Å². The van der Waals surface area contributed by atoms with Gasteiger partial charge in [0.2, 0.25) is 18.6 Å². The Morgan fingerprint density at radius 3 is 2.83 bits per heavy atom. The van der Waals surface area contributed by atoms with E-state index in [-0.39, 0.29) is 31.2 Å². The van der Waals surface area contributed by atoms with E-state index in [0.717, 1.165) is 12.1 Å². The molecule has 2 N–H and O–H groups in total. The number of carbonyl (C=O) groups is 2. The number of rotatable bonds is 4. The van der Waals surface area contributed by atoms with Crippen molar-refractivity contribution in [2.75, 3.05) is 23.6 Å². The van der Waals surface area contributed by atoms with E-state index in [1.54, 1.807) is 19.1 Å². The van der Waals surface area contributed by atoms with E-state index in [4.69, 9.17) is 9.47 Å². The molecule has 0 fully saturated rings. The molecule has 2 amide bonds. The van der Waals surface area contributed by atoms with E-state index >= 15 is 0 Å². The van der Waals surface area contributed by atoms with Crippen molar-refractivity contribution in [1.82, 2.24) is 5.32 Å². The van der Waals surface area contributed by atoms with E-state index in [1.165, 1.54) is 4.90 Å². The van der Waals surface area contributed by atoms with Crippen molar-refractivity contribution < 1.29 is 19.1 Å². The van der Waals surface area contributed by atoms with Gasteiger partial charge in [-0.2, -0.15) is 0 Å². The Kier molecular flexibility index (Phi) is 4.02. The zero-order chi connectivity index (χ0) is 16.6. The van der Waals surface area contributed by atoms with Crippen LogP contribution < -0.4 is 25.0 Å². The number of fused-ring (bicyclic) bond motifs is 2. The maximum Gasteiger partial charge on any atom is 0.249 e. The first-order valence-electron chi connectivity index (χ1n) is 7.80. The second-order valence-electron chi connectivity index (χ2n) is 5.89. The van der Waals surface area contributed by atoms with Gasteiger partial charge in [0.1, 0.15) is 12.6 Å². The summed E-state index contributed by atoms with van der Waals surface area (Å²) in [4.78, 5) is 26.2. The fourth-order valence-corrected chi connectivity index (χ4v) is 2.65. The highest BCUT2D eigenvalue weighted by atomic mass is 16.7. The Balaban J connectivity index is 1.88. The van der Waals surface area contributed by atoms with Gasteiger partial charge < -0.3 is 20.1 Å². The molecule has 0 bridgehead atoms. The largest absolute Gasteiger partial charge is 0.454 e. The van der Waals surface area contributed by atoms with E-state index in [1.807, 2.05) is 13.8 Å². The molecule has 7 heteroatoms. The van der Waals surface area contributed by atoms with Crippen LogP contribution in [0.25, 0.3) is 0 Å². The molecule has 23 heavy (non-hydrogen) atoms. The summed E-state index contributed by atoms with van der Waals surface area (Å²) in [6.07, 6.45) is 0.840. The summed E-state index contributed by atoms with van der Waals surface area (Å²) in [5, 5.41) is 6.02. The normalized spacial score (nSPS) is 19.9. The van der Waals surface area contributed by atoms with Crippen LogP contribution in [0.2, 0.25) is 0 Å². The van der Waals surface area contributed by atoms with Crippen LogP contribution >= 0.6 is 0 Å². The lowest BCUT2D eigenvalue weighted by atomic mass is 10.1. The average Bonchev–Trinajstić information content (AvgIpc) is 2.97. The highest BCUT2D eigenvalue weighted by Crippen LogP contribution is 2.43. The standard InChI is InChI=1S/C16H21N3O4/c1-4-9(2)17-15(20)7-19-12-6-14-13(22-8-23-14)5-11(12)18-10(3)16(19)21/h5-6,9-10,18H,4,7-8H2,1-3H3,(H,17,20). The van der Waals surface area contributed by atoms with Gasteiger partial charge in [-0.25, -0.2) is 0 Å². The van der Waals surface area contributed by atoms with Crippen molar-refractivity contribution in [3.8, 4) is 11.5 Å². The predicted molar refractivity (Wildman–Crippen MR) is 85.9 cm³/mol. The Labute approximate surface area is 134 Å². The summed E-state index contributed by atoms with van der Waals surface area (Å²) in [6.45, 7) is 5.86. The SMILES string of the molecule is CCC(C)NC(=O)CN1C(=O)C(C)Nc2cc3c(cc21)OCO3. The van der Waals surface area contributed by atoms with Crippen molar-refractivity contribution in [3.05, 3.63) is 12.1 Å². The smallest absolute Gasteiger partial charge is 0.249 e. The minimum absolute atomic E-state index is 0.0121. The Morgan fingerprint density at radius 1 is 1.43 bits per heavy atom. The molecule has 1 aromatic rings. The molecule has 2 aliphatic heterocycles. The molecule has 0 aliphatic carbocycles. The second kappa shape index (κ2) is 5.98. The summed E-state index contributed by atoms with van der Waals surface area (Å²) in [5.74, 6) is 0.906. The number of amides is 2. The molecule has 1 aromatic carbocycles. The Morgan fingerprint density at radius 2 is 2.13 bits per heavy atom. The predicted octanol–water partition coefficient (Wildman–Crippen LogP) is 1.48. The summed E-state index contributed by atoms with van der Waals surface area (Å²) < 4.78 is 10.7. The van der Waals surface area contributed by atoms with Gasteiger partial charge in [-0.1, -0.05) is 6.92 Å². The molecular weight excluding hydrogens is 298 g/mol. The third-order valence-corrected chi connectivity index (χ3v) is 4.11. The van der Waals surface area contributed by atoms with Crippen LogP contribution in [0.3, 0.4) is 0 Å². The minimum Gasteiger partial charge on any atom is -0.454 e. The highest BCUT2D eigenvalue weighted by Gasteiger charge is 2.33. The lowest BCUT2D eigenvalue weighted by Gasteiger charge is -2.33. The highest BCUT2D eigenvalue weighted by molar-refractivity contribution is 6.08. The zero-order valence-corrected chi connectivity index (χ0v) is 13.5. The lowest BCUT2D eigenvalue weighted by Crippen LogP contribution is -2.50. The molecule has 0 saturated heterocycles. The molecule has 2 heterocycles. The van der Waals surface area contributed by atoms with Crippen LogP contribution in [0.1, 0.15) is 27.2 Å². The quantitative estimate of drug-likeness (QED) is 0.879. The summed E-state index contributed by atoms with van der Waals surface area (Å²) >= 11 is 0. The summed E-state index contributed by atoms with van der Waals surface area (Å²) in [7, 11) is 0. The zero-order valence-electron chi connectivity index (χ0n) is 13.5. The molecular formula is C16H21N3O4. The molecule has 0 saturated carbocycles. The first-order valence-corrected chi connectivity index (χ1v) is 7.80. The van der Waals surface area contributed by atoms with Gasteiger partial charge >= 0.3 is 0 Å². The van der Waals surface area contributed by atoms with Crippen molar-refractivity contribution >= 4 is 23.2 Å². The number of nitrogens with zero attached hydrogens (tertiary/aromatic N) is 1. The molecule has 0 spiro atoms. The van der Waals surface area contributed by atoms with Gasteiger partial charge in [0.15, 0.2) is 11.5 Å². The summed E-state index contributed by atoms with van der Waals surface area (Å²) in [5.41, 5.74) is 1.40. The number of nitrogens with one attached hydrogen (secondary N) is 2.